The van der Waals surface area contributed by atoms with Gasteiger partial charge in [0.25, 0.3) is 11.8 Å². The first kappa shape index (κ1) is 12.8. The summed E-state index contributed by atoms with van der Waals surface area (Å²) in [6, 6.07) is 8.06. The smallest absolute Gasteiger partial charge is 0.323 e. The van der Waals surface area contributed by atoms with Crippen molar-refractivity contribution in [3.8, 4) is 0 Å². The summed E-state index contributed by atoms with van der Waals surface area (Å²) in [5, 5.41) is 4.59. The fourth-order valence-corrected chi connectivity index (χ4v) is 2.47. The number of carbonyl (C=O) groups is 3. The minimum Gasteiger partial charge on any atom is -0.323 e. The number of rotatable bonds is 3. The Kier molecular flexibility index (Phi) is 2.62. The van der Waals surface area contributed by atoms with E-state index in [4.69, 9.17) is 4.84 Å². The second kappa shape index (κ2) is 4.52. The normalized spacial score (nSPS) is 16.8. The molecule has 110 valence electrons. The van der Waals surface area contributed by atoms with Crippen molar-refractivity contribution in [2.45, 2.75) is 18.9 Å². The minimum absolute atomic E-state index is 0.194. The zero-order valence-corrected chi connectivity index (χ0v) is 11.4. The van der Waals surface area contributed by atoms with Crippen molar-refractivity contribution in [3.63, 3.8) is 0 Å². The molecule has 7 nitrogen and oxygen atoms in total. The van der Waals surface area contributed by atoms with Gasteiger partial charge in [-0.15, -0.1) is 0 Å². The third-order valence-electron chi connectivity index (χ3n) is 3.70. The second-order valence-corrected chi connectivity index (χ2v) is 5.22. The van der Waals surface area contributed by atoms with E-state index in [2.05, 4.69) is 5.10 Å². The largest absolute Gasteiger partial charge is 0.381 e. The van der Waals surface area contributed by atoms with Gasteiger partial charge in [0.2, 0.25) is 0 Å². The molecule has 0 atom stereocenters. The van der Waals surface area contributed by atoms with Gasteiger partial charge in [0.15, 0.2) is 0 Å². The molecule has 0 saturated heterocycles. The van der Waals surface area contributed by atoms with E-state index >= 15 is 0 Å². The van der Waals surface area contributed by atoms with Crippen molar-refractivity contribution >= 4 is 17.8 Å². The number of carbonyl (C=O) groups excluding carboxylic acids is 3. The zero-order chi connectivity index (χ0) is 15.3. The van der Waals surface area contributed by atoms with Crippen LogP contribution in [0, 0.1) is 0 Å². The Morgan fingerprint density at radius 1 is 1.09 bits per heavy atom. The van der Waals surface area contributed by atoms with Gasteiger partial charge >= 0.3 is 5.97 Å². The second-order valence-electron chi connectivity index (χ2n) is 5.22. The van der Waals surface area contributed by atoms with Crippen LogP contribution < -0.4 is 0 Å². The Balaban J connectivity index is 1.59. The molecule has 0 N–H and O–H groups in total. The Morgan fingerprint density at radius 3 is 2.32 bits per heavy atom. The summed E-state index contributed by atoms with van der Waals surface area (Å²) in [5.41, 5.74) is 0.700. The van der Waals surface area contributed by atoms with Crippen molar-refractivity contribution in [3.05, 3.63) is 53.3 Å². The van der Waals surface area contributed by atoms with E-state index in [1.54, 1.807) is 16.8 Å². The van der Waals surface area contributed by atoms with Crippen molar-refractivity contribution in [1.29, 1.82) is 0 Å². The van der Waals surface area contributed by atoms with Gasteiger partial charge in [-0.3, -0.25) is 14.3 Å². The lowest BCUT2D eigenvalue weighted by Gasteiger charge is -2.13. The summed E-state index contributed by atoms with van der Waals surface area (Å²) in [5.74, 6) is -2.03. The van der Waals surface area contributed by atoms with Crippen molar-refractivity contribution in [1.82, 2.24) is 14.8 Å². The van der Waals surface area contributed by atoms with E-state index < -0.39 is 17.8 Å². The Bertz CT molecular complexity index is 772. The Morgan fingerprint density at radius 2 is 1.73 bits per heavy atom. The van der Waals surface area contributed by atoms with E-state index in [1.165, 1.54) is 24.4 Å². The summed E-state index contributed by atoms with van der Waals surface area (Å²) in [7, 11) is 0. The molecule has 7 heteroatoms. The highest BCUT2D eigenvalue weighted by molar-refractivity contribution is 6.21. The van der Waals surface area contributed by atoms with Crippen LogP contribution in [0.2, 0.25) is 0 Å². The first-order chi connectivity index (χ1) is 10.7. The number of nitrogens with zero attached hydrogens (tertiary/aromatic N) is 3. The number of imide groups is 1. The summed E-state index contributed by atoms with van der Waals surface area (Å²) in [4.78, 5) is 41.5. The predicted molar refractivity (Wildman–Crippen MR) is 72.9 cm³/mol. The topological polar surface area (TPSA) is 81.5 Å². The van der Waals surface area contributed by atoms with Crippen molar-refractivity contribution in [2.24, 2.45) is 0 Å². The summed E-state index contributed by atoms with van der Waals surface area (Å²) < 4.78 is 1.57. The van der Waals surface area contributed by atoms with Gasteiger partial charge in [-0.2, -0.15) is 5.10 Å². The summed E-state index contributed by atoms with van der Waals surface area (Å²) in [6.45, 7) is 0. The molecule has 2 heterocycles. The zero-order valence-electron chi connectivity index (χ0n) is 11.4. The van der Waals surface area contributed by atoms with E-state index in [9.17, 15) is 14.4 Å². The lowest BCUT2D eigenvalue weighted by atomic mass is 10.1. The molecular formula is C15H11N3O4. The maximum Gasteiger partial charge on any atom is 0.381 e. The molecule has 0 unspecified atom stereocenters. The lowest BCUT2D eigenvalue weighted by Crippen LogP contribution is -2.33. The number of fused-ring (bicyclic) bond motifs is 1. The van der Waals surface area contributed by atoms with Gasteiger partial charge in [0.05, 0.1) is 17.2 Å². The maximum atomic E-state index is 12.2. The average molecular weight is 297 g/mol. The van der Waals surface area contributed by atoms with Crippen LogP contribution in [-0.2, 0) is 4.84 Å². The van der Waals surface area contributed by atoms with Crippen molar-refractivity contribution < 1.29 is 19.2 Å². The highest BCUT2D eigenvalue weighted by Gasteiger charge is 2.39. The van der Waals surface area contributed by atoms with Crippen LogP contribution in [0.1, 0.15) is 50.1 Å². The standard InChI is InChI=1S/C15H11N3O4/c19-13-10-3-1-2-4-11(10)14(20)18(13)22-15(21)12-7-8-16-17(12)9-5-6-9/h1-4,7-9H,5-6H2. The molecule has 1 aromatic carbocycles. The van der Waals surface area contributed by atoms with Gasteiger partial charge in [-0.05, 0) is 31.0 Å². The van der Waals surface area contributed by atoms with Crippen LogP contribution in [0.5, 0.6) is 0 Å². The highest BCUT2D eigenvalue weighted by atomic mass is 16.7. The summed E-state index contributed by atoms with van der Waals surface area (Å²) in [6.07, 6.45) is 3.40. The number of aromatic nitrogens is 2. The first-order valence-electron chi connectivity index (χ1n) is 6.90. The van der Waals surface area contributed by atoms with Crippen LogP contribution in [-0.4, -0.2) is 32.6 Å². The molecule has 1 aliphatic heterocycles. The molecule has 2 aliphatic rings. The van der Waals surface area contributed by atoms with Crippen LogP contribution >= 0.6 is 0 Å². The van der Waals surface area contributed by atoms with Gasteiger partial charge in [0.1, 0.15) is 5.69 Å². The number of hydroxylamine groups is 2. The Labute approximate surface area is 125 Å². The molecule has 22 heavy (non-hydrogen) atoms. The quantitative estimate of drug-likeness (QED) is 0.803. The van der Waals surface area contributed by atoms with Gasteiger partial charge < -0.3 is 4.84 Å². The number of hydrogen-bond acceptors (Lipinski definition) is 5. The number of hydrogen-bond donors (Lipinski definition) is 0. The van der Waals surface area contributed by atoms with Crippen molar-refractivity contribution in [2.75, 3.05) is 0 Å². The number of amides is 2. The van der Waals surface area contributed by atoms with E-state index in [0.717, 1.165) is 12.8 Å². The molecule has 1 fully saturated rings. The van der Waals surface area contributed by atoms with Crippen LogP contribution in [0.3, 0.4) is 0 Å². The molecule has 2 aromatic rings. The van der Waals surface area contributed by atoms with Crippen LogP contribution in [0.25, 0.3) is 0 Å². The molecular weight excluding hydrogens is 286 g/mol. The maximum absolute atomic E-state index is 12.2. The molecule has 4 rings (SSSR count). The molecule has 0 radical (unpaired) electrons. The molecule has 0 bridgehead atoms. The highest BCUT2D eigenvalue weighted by Crippen LogP contribution is 2.35. The summed E-state index contributed by atoms with van der Waals surface area (Å²) >= 11 is 0. The van der Waals surface area contributed by atoms with Crippen LogP contribution in [0.4, 0.5) is 0 Å². The molecule has 1 aliphatic carbocycles. The average Bonchev–Trinajstić information content (AvgIpc) is 3.22. The molecule has 1 aromatic heterocycles. The SMILES string of the molecule is O=C(ON1C(=O)c2ccccc2C1=O)c1ccnn1C1CC1. The monoisotopic (exact) mass is 297 g/mol. The number of benzene rings is 1. The van der Waals surface area contributed by atoms with Gasteiger partial charge in [-0.1, -0.05) is 17.2 Å². The van der Waals surface area contributed by atoms with E-state index in [1.807, 2.05) is 0 Å². The fraction of sp³-hybridized carbons (Fsp3) is 0.200. The minimum atomic E-state index is -0.765. The van der Waals surface area contributed by atoms with E-state index in [-0.39, 0.29) is 22.9 Å². The molecule has 2 amide bonds. The Hall–Kier alpha value is -2.96. The molecule has 1 saturated carbocycles. The first-order valence-corrected chi connectivity index (χ1v) is 6.90. The lowest BCUT2D eigenvalue weighted by molar-refractivity contribution is -0.0592. The predicted octanol–water partition coefficient (Wildman–Crippen LogP) is 1.59. The van der Waals surface area contributed by atoms with Crippen LogP contribution in [0.15, 0.2) is 36.5 Å². The van der Waals surface area contributed by atoms with Gasteiger partial charge in [0, 0.05) is 6.20 Å². The fourth-order valence-electron chi connectivity index (χ4n) is 2.47. The third-order valence-corrected chi connectivity index (χ3v) is 3.70. The third kappa shape index (κ3) is 1.82. The molecule has 0 spiro atoms. The van der Waals surface area contributed by atoms with Gasteiger partial charge in [-0.25, -0.2) is 4.79 Å². The van der Waals surface area contributed by atoms with E-state index in [0.29, 0.717) is 5.06 Å².